The monoisotopic (exact) mass is 446 g/mol. The molecule has 5 nitrogen and oxygen atoms in total. The Morgan fingerprint density at radius 2 is 1.97 bits per heavy atom. The summed E-state index contributed by atoms with van der Waals surface area (Å²) in [4.78, 5) is 15.0. The van der Waals surface area contributed by atoms with E-state index >= 15 is 0 Å². The fourth-order valence-corrected chi connectivity index (χ4v) is 5.02. The minimum Gasteiger partial charge on any atom is -0.338 e. The van der Waals surface area contributed by atoms with Crippen molar-refractivity contribution in [1.29, 1.82) is 5.26 Å². The Kier molecular flexibility index (Phi) is 5.67. The second-order valence-electron chi connectivity index (χ2n) is 8.85. The maximum absolute atomic E-state index is 14.4. The molecule has 33 heavy (non-hydrogen) atoms. The van der Waals surface area contributed by atoms with Gasteiger partial charge in [-0.3, -0.25) is 9.48 Å². The third-order valence-electron chi connectivity index (χ3n) is 6.75. The van der Waals surface area contributed by atoms with E-state index in [9.17, 15) is 18.8 Å². The molecule has 1 saturated carbocycles. The summed E-state index contributed by atoms with van der Waals surface area (Å²) in [5.41, 5.74) is 4.25. The standard InChI is InChI=1S/C26H24F2N4O/c27-21-9-8-20(23(28)13-21)15-32-24-10-11-31(26(33)18-5-1-2-6-18)16-22(24)25(30-32)19-7-3-4-17(12-19)14-29/h3-4,7-9,12-13,18H,1-2,5-6,10-11,15-16H2. The second kappa shape index (κ2) is 8.78. The predicted octanol–water partition coefficient (Wildman–Crippen LogP) is 4.82. The van der Waals surface area contributed by atoms with Crippen molar-refractivity contribution in [2.24, 2.45) is 5.92 Å². The Balaban J connectivity index is 1.54. The van der Waals surface area contributed by atoms with Gasteiger partial charge in [-0.25, -0.2) is 8.78 Å². The van der Waals surface area contributed by atoms with E-state index in [4.69, 9.17) is 5.10 Å². The van der Waals surface area contributed by atoms with Gasteiger partial charge in [0.2, 0.25) is 5.91 Å². The van der Waals surface area contributed by atoms with Gasteiger partial charge < -0.3 is 4.90 Å². The summed E-state index contributed by atoms with van der Waals surface area (Å²) in [7, 11) is 0. The molecule has 1 fully saturated rings. The van der Waals surface area contributed by atoms with Crippen LogP contribution in [0, 0.1) is 28.9 Å². The van der Waals surface area contributed by atoms with Crippen LogP contribution in [0.25, 0.3) is 11.3 Å². The van der Waals surface area contributed by atoms with Crippen molar-refractivity contribution in [3.05, 3.63) is 76.5 Å². The van der Waals surface area contributed by atoms with Crippen LogP contribution in [0.1, 0.15) is 48.1 Å². The minimum absolute atomic E-state index is 0.0975. The SMILES string of the molecule is N#Cc1cccc(-c2nn(Cc3ccc(F)cc3F)c3c2CN(C(=O)C2CCCC2)CC3)c1. The zero-order chi connectivity index (χ0) is 22.9. The first-order valence-corrected chi connectivity index (χ1v) is 11.4. The number of hydrogen-bond donors (Lipinski definition) is 0. The molecule has 1 aliphatic heterocycles. The third-order valence-corrected chi connectivity index (χ3v) is 6.75. The highest BCUT2D eigenvalue weighted by molar-refractivity contribution is 5.80. The molecule has 0 spiro atoms. The number of rotatable bonds is 4. The molecule has 2 aliphatic rings. The van der Waals surface area contributed by atoms with E-state index < -0.39 is 11.6 Å². The summed E-state index contributed by atoms with van der Waals surface area (Å²) in [6.45, 7) is 1.21. The molecule has 0 atom stereocenters. The lowest BCUT2D eigenvalue weighted by atomic mass is 9.98. The Labute approximate surface area is 191 Å². The average Bonchev–Trinajstić information content (AvgIpc) is 3.49. The van der Waals surface area contributed by atoms with Gasteiger partial charge in [0.15, 0.2) is 0 Å². The number of halogens is 2. The molecule has 1 aliphatic carbocycles. The van der Waals surface area contributed by atoms with Gasteiger partial charge in [-0.15, -0.1) is 0 Å². The second-order valence-corrected chi connectivity index (χ2v) is 8.85. The van der Waals surface area contributed by atoms with E-state index in [1.807, 2.05) is 17.0 Å². The number of nitriles is 1. The third kappa shape index (κ3) is 4.13. The number of carbonyl (C=O) groups is 1. The first-order valence-electron chi connectivity index (χ1n) is 11.4. The maximum atomic E-state index is 14.4. The van der Waals surface area contributed by atoms with Crippen molar-refractivity contribution < 1.29 is 13.6 Å². The topological polar surface area (TPSA) is 61.9 Å². The molecule has 2 heterocycles. The van der Waals surface area contributed by atoms with Crippen LogP contribution in [0.15, 0.2) is 42.5 Å². The van der Waals surface area contributed by atoms with Gasteiger partial charge in [-0.05, 0) is 31.0 Å². The number of nitrogens with zero attached hydrogens (tertiary/aromatic N) is 4. The van der Waals surface area contributed by atoms with E-state index in [2.05, 4.69) is 6.07 Å². The zero-order valence-corrected chi connectivity index (χ0v) is 18.2. The number of aromatic nitrogens is 2. The van der Waals surface area contributed by atoms with Crippen LogP contribution in [-0.4, -0.2) is 27.1 Å². The van der Waals surface area contributed by atoms with Crippen molar-refractivity contribution in [3.8, 4) is 17.3 Å². The molecule has 0 bridgehead atoms. The molecule has 0 N–H and O–H groups in total. The number of fused-ring (bicyclic) bond motifs is 1. The van der Waals surface area contributed by atoms with Gasteiger partial charge in [-0.1, -0.05) is 31.0 Å². The highest BCUT2D eigenvalue weighted by atomic mass is 19.1. The highest BCUT2D eigenvalue weighted by Crippen LogP contribution is 2.34. The van der Waals surface area contributed by atoms with E-state index in [1.54, 1.807) is 16.8 Å². The summed E-state index contributed by atoms with van der Waals surface area (Å²) < 4.78 is 29.5. The molecular weight excluding hydrogens is 422 g/mol. The molecule has 5 rings (SSSR count). The van der Waals surface area contributed by atoms with Crippen LogP contribution in [0.4, 0.5) is 8.78 Å². The Morgan fingerprint density at radius 1 is 1.15 bits per heavy atom. The molecule has 0 saturated heterocycles. The van der Waals surface area contributed by atoms with E-state index in [0.717, 1.165) is 48.6 Å². The van der Waals surface area contributed by atoms with Crippen molar-refractivity contribution in [3.63, 3.8) is 0 Å². The van der Waals surface area contributed by atoms with Gasteiger partial charge in [0.05, 0.1) is 23.9 Å². The smallest absolute Gasteiger partial charge is 0.225 e. The minimum atomic E-state index is -0.617. The van der Waals surface area contributed by atoms with Crippen LogP contribution in [0.2, 0.25) is 0 Å². The lowest BCUT2D eigenvalue weighted by Crippen LogP contribution is -2.39. The van der Waals surface area contributed by atoms with Crippen LogP contribution in [-0.2, 0) is 24.3 Å². The molecule has 2 aromatic carbocycles. The molecule has 1 amide bonds. The first kappa shape index (κ1) is 21.3. The molecule has 1 aromatic heterocycles. The number of benzene rings is 2. The van der Waals surface area contributed by atoms with Crippen LogP contribution in [0.5, 0.6) is 0 Å². The Hall–Kier alpha value is -3.53. The summed E-state index contributed by atoms with van der Waals surface area (Å²) in [5, 5.41) is 14.1. The average molecular weight is 447 g/mol. The van der Waals surface area contributed by atoms with E-state index in [1.165, 1.54) is 12.1 Å². The predicted molar refractivity (Wildman–Crippen MR) is 119 cm³/mol. The molecular formula is C26H24F2N4O. The van der Waals surface area contributed by atoms with E-state index in [-0.39, 0.29) is 18.4 Å². The number of hydrogen-bond acceptors (Lipinski definition) is 3. The largest absolute Gasteiger partial charge is 0.338 e. The van der Waals surface area contributed by atoms with E-state index in [0.29, 0.717) is 36.3 Å². The molecule has 7 heteroatoms. The summed E-state index contributed by atoms with van der Waals surface area (Å²) in [6, 6.07) is 12.9. The Morgan fingerprint density at radius 3 is 2.73 bits per heavy atom. The lowest BCUT2D eigenvalue weighted by Gasteiger charge is -2.30. The van der Waals surface area contributed by atoms with Gasteiger partial charge in [0.1, 0.15) is 11.6 Å². The summed E-state index contributed by atoms with van der Waals surface area (Å²) in [6.07, 6.45) is 4.71. The van der Waals surface area contributed by atoms with Crippen molar-refractivity contribution >= 4 is 5.91 Å². The van der Waals surface area contributed by atoms with Crippen molar-refractivity contribution in [1.82, 2.24) is 14.7 Å². The number of carbonyl (C=O) groups excluding carboxylic acids is 1. The van der Waals surface area contributed by atoms with Crippen molar-refractivity contribution in [2.45, 2.75) is 45.2 Å². The highest BCUT2D eigenvalue weighted by Gasteiger charge is 2.32. The first-order chi connectivity index (χ1) is 16.0. The van der Waals surface area contributed by atoms with Gasteiger partial charge in [0, 0.05) is 53.9 Å². The normalized spacial score (nSPS) is 16.0. The van der Waals surface area contributed by atoms with Gasteiger partial charge >= 0.3 is 0 Å². The zero-order valence-electron chi connectivity index (χ0n) is 18.2. The van der Waals surface area contributed by atoms with Crippen molar-refractivity contribution in [2.75, 3.05) is 6.54 Å². The quantitative estimate of drug-likeness (QED) is 0.577. The molecule has 168 valence electrons. The van der Waals surface area contributed by atoms with Gasteiger partial charge in [-0.2, -0.15) is 10.4 Å². The van der Waals surface area contributed by atoms with Crippen LogP contribution in [0.3, 0.4) is 0 Å². The van der Waals surface area contributed by atoms with Crippen LogP contribution >= 0.6 is 0 Å². The summed E-state index contributed by atoms with van der Waals surface area (Å²) >= 11 is 0. The fourth-order valence-electron chi connectivity index (χ4n) is 5.02. The maximum Gasteiger partial charge on any atom is 0.225 e. The van der Waals surface area contributed by atoms with Gasteiger partial charge in [0.25, 0.3) is 0 Å². The molecule has 0 radical (unpaired) electrons. The lowest BCUT2D eigenvalue weighted by molar-refractivity contribution is -0.136. The summed E-state index contributed by atoms with van der Waals surface area (Å²) in [5.74, 6) is -0.928. The molecule has 3 aromatic rings. The fraction of sp³-hybridized carbons (Fsp3) is 0.346. The number of amides is 1. The molecule has 0 unspecified atom stereocenters. The van der Waals surface area contributed by atoms with Crippen LogP contribution < -0.4 is 0 Å². The Bertz CT molecular complexity index is 1250.